The molecule has 0 saturated heterocycles. The summed E-state index contributed by atoms with van der Waals surface area (Å²) in [4.78, 5) is 6.98. The second-order valence-corrected chi connectivity index (χ2v) is 5.75. The van der Waals surface area contributed by atoms with Gasteiger partial charge in [-0.25, -0.2) is 4.98 Å². The molecule has 1 heterocycles. The minimum absolute atomic E-state index is 0.280. The van der Waals surface area contributed by atoms with Crippen LogP contribution in [0.5, 0.6) is 0 Å². The first-order valence-electron chi connectivity index (χ1n) is 7.03. The topological polar surface area (TPSA) is 42.1 Å². The smallest absolute Gasteiger partial charge is 0.128 e. The molecular weight excluding hydrogens is 222 g/mol. The van der Waals surface area contributed by atoms with Crippen LogP contribution in [-0.4, -0.2) is 24.6 Å². The summed E-state index contributed by atoms with van der Waals surface area (Å²) in [6, 6.07) is 4.66. The van der Waals surface area contributed by atoms with Crippen molar-refractivity contribution in [2.24, 2.45) is 11.7 Å². The van der Waals surface area contributed by atoms with Crippen LogP contribution < -0.4 is 10.6 Å². The number of anilines is 1. The average molecular weight is 247 g/mol. The van der Waals surface area contributed by atoms with E-state index < -0.39 is 0 Å². The molecule has 0 aliphatic heterocycles. The van der Waals surface area contributed by atoms with Crippen LogP contribution in [0, 0.1) is 5.92 Å². The lowest BCUT2D eigenvalue weighted by atomic mass is 10.0. The number of nitrogens with zero attached hydrogens (tertiary/aromatic N) is 2. The van der Waals surface area contributed by atoms with E-state index in [4.69, 9.17) is 10.7 Å². The molecular formula is C15H25N3. The second kappa shape index (κ2) is 5.70. The Morgan fingerprint density at radius 2 is 2.11 bits per heavy atom. The lowest BCUT2D eigenvalue weighted by molar-refractivity contribution is 0.465. The summed E-state index contributed by atoms with van der Waals surface area (Å²) in [5.74, 6) is 1.64. The molecule has 0 bridgehead atoms. The number of hydrogen-bond donors (Lipinski definition) is 1. The lowest BCUT2D eigenvalue weighted by Crippen LogP contribution is -2.32. The van der Waals surface area contributed by atoms with E-state index in [1.165, 1.54) is 24.1 Å². The third-order valence-electron chi connectivity index (χ3n) is 3.96. The number of nitrogens with two attached hydrogens (primary N) is 1. The van der Waals surface area contributed by atoms with Crippen LogP contribution >= 0.6 is 0 Å². The largest absolute Gasteiger partial charge is 0.360 e. The molecule has 0 saturated carbocycles. The SMILES string of the molecule is CC(C)C(N)CCN(C)c1ccc2c(n1)CCC2. The normalized spacial score (nSPS) is 15.8. The van der Waals surface area contributed by atoms with Crippen molar-refractivity contribution in [3.8, 4) is 0 Å². The molecule has 18 heavy (non-hydrogen) atoms. The van der Waals surface area contributed by atoms with Gasteiger partial charge >= 0.3 is 0 Å². The van der Waals surface area contributed by atoms with Crippen molar-refractivity contribution in [3.63, 3.8) is 0 Å². The van der Waals surface area contributed by atoms with Crippen molar-refractivity contribution in [3.05, 3.63) is 23.4 Å². The van der Waals surface area contributed by atoms with Gasteiger partial charge in [0.2, 0.25) is 0 Å². The highest BCUT2D eigenvalue weighted by Crippen LogP contribution is 2.23. The lowest BCUT2D eigenvalue weighted by Gasteiger charge is -2.22. The Morgan fingerprint density at radius 3 is 2.83 bits per heavy atom. The number of aromatic nitrogens is 1. The molecule has 3 nitrogen and oxygen atoms in total. The van der Waals surface area contributed by atoms with Gasteiger partial charge in [-0.2, -0.15) is 0 Å². The first-order chi connectivity index (χ1) is 8.58. The first-order valence-corrected chi connectivity index (χ1v) is 7.03. The van der Waals surface area contributed by atoms with Gasteiger partial charge in [0.15, 0.2) is 0 Å². The Bertz CT molecular complexity index is 401. The van der Waals surface area contributed by atoms with Crippen molar-refractivity contribution in [2.75, 3.05) is 18.5 Å². The molecule has 2 rings (SSSR count). The summed E-state index contributed by atoms with van der Waals surface area (Å²) in [6.45, 7) is 5.34. The molecule has 0 amide bonds. The molecule has 0 radical (unpaired) electrons. The van der Waals surface area contributed by atoms with Crippen LogP contribution in [0.2, 0.25) is 0 Å². The molecule has 2 N–H and O–H groups in total. The number of rotatable bonds is 5. The van der Waals surface area contributed by atoms with Crippen molar-refractivity contribution in [2.45, 2.75) is 45.6 Å². The van der Waals surface area contributed by atoms with E-state index in [1.54, 1.807) is 0 Å². The van der Waals surface area contributed by atoms with E-state index in [9.17, 15) is 0 Å². The predicted octanol–water partition coefficient (Wildman–Crippen LogP) is 2.38. The highest BCUT2D eigenvalue weighted by atomic mass is 15.2. The van der Waals surface area contributed by atoms with Crippen LogP contribution in [-0.2, 0) is 12.8 Å². The molecule has 1 unspecified atom stereocenters. The highest BCUT2D eigenvalue weighted by molar-refractivity contribution is 5.42. The van der Waals surface area contributed by atoms with E-state index in [2.05, 4.69) is 37.9 Å². The fraction of sp³-hybridized carbons (Fsp3) is 0.667. The third kappa shape index (κ3) is 3.02. The molecule has 100 valence electrons. The zero-order chi connectivity index (χ0) is 13.1. The molecule has 1 aliphatic rings. The summed E-state index contributed by atoms with van der Waals surface area (Å²) >= 11 is 0. The molecule has 0 fully saturated rings. The van der Waals surface area contributed by atoms with Crippen molar-refractivity contribution in [1.82, 2.24) is 4.98 Å². The molecule has 1 aliphatic carbocycles. The Morgan fingerprint density at radius 1 is 1.33 bits per heavy atom. The molecule has 1 aromatic heterocycles. The number of fused-ring (bicyclic) bond motifs is 1. The van der Waals surface area contributed by atoms with Crippen LogP contribution in [0.15, 0.2) is 12.1 Å². The van der Waals surface area contributed by atoms with Gasteiger partial charge in [0, 0.05) is 25.3 Å². The quantitative estimate of drug-likeness (QED) is 0.868. The van der Waals surface area contributed by atoms with E-state index >= 15 is 0 Å². The van der Waals surface area contributed by atoms with Gasteiger partial charge in [-0.3, -0.25) is 0 Å². The van der Waals surface area contributed by atoms with Gasteiger partial charge in [0.05, 0.1) is 0 Å². The Kier molecular flexibility index (Phi) is 4.23. The van der Waals surface area contributed by atoms with E-state index in [0.29, 0.717) is 5.92 Å². The van der Waals surface area contributed by atoms with Crippen molar-refractivity contribution < 1.29 is 0 Å². The number of hydrogen-bond acceptors (Lipinski definition) is 3. The Hall–Kier alpha value is -1.09. The van der Waals surface area contributed by atoms with Gasteiger partial charge in [-0.1, -0.05) is 19.9 Å². The van der Waals surface area contributed by atoms with Gasteiger partial charge in [-0.05, 0) is 43.2 Å². The van der Waals surface area contributed by atoms with E-state index in [1.807, 2.05) is 0 Å². The van der Waals surface area contributed by atoms with Gasteiger partial charge < -0.3 is 10.6 Å². The maximum absolute atomic E-state index is 6.09. The summed E-state index contributed by atoms with van der Waals surface area (Å²) in [7, 11) is 2.11. The highest BCUT2D eigenvalue weighted by Gasteiger charge is 2.14. The minimum atomic E-state index is 0.280. The Balaban J connectivity index is 1.95. The molecule has 1 atom stereocenters. The Labute approximate surface area is 110 Å². The fourth-order valence-corrected chi connectivity index (χ4v) is 2.41. The molecule has 3 heteroatoms. The van der Waals surface area contributed by atoms with Gasteiger partial charge in [0.1, 0.15) is 5.82 Å². The summed E-state index contributed by atoms with van der Waals surface area (Å²) in [5.41, 5.74) is 8.82. The fourth-order valence-electron chi connectivity index (χ4n) is 2.41. The zero-order valence-electron chi connectivity index (χ0n) is 11.8. The monoisotopic (exact) mass is 247 g/mol. The number of aryl methyl sites for hydroxylation is 2. The minimum Gasteiger partial charge on any atom is -0.360 e. The summed E-state index contributed by atoms with van der Waals surface area (Å²) < 4.78 is 0. The molecule has 0 aromatic carbocycles. The van der Waals surface area contributed by atoms with Crippen molar-refractivity contribution >= 4 is 5.82 Å². The van der Waals surface area contributed by atoms with Gasteiger partial charge in [-0.15, -0.1) is 0 Å². The maximum Gasteiger partial charge on any atom is 0.128 e. The van der Waals surface area contributed by atoms with Crippen LogP contribution in [0.25, 0.3) is 0 Å². The van der Waals surface area contributed by atoms with Crippen molar-refractivity contribution in [1.29, 1.82) is 0 Å². The van der Waals surface area contributed by atoms with E-state index in [0.717, 1.165) is 25.2 Å². The first kappa shape index (κ1) is 13.3. The van der Waals surface area contributed by atoms with Gasteiger partial charge in [0.25, 0.3) is 0 Å². The average Bonchev–Trinajstić information content (AvgIpc) is 2.82. The summed E-state index contributed by atoms with van der Waals surface area (Å²) in [5, 5.41) is 0. The standard InChI is InChI=1S/C15H25N3/c1-11(2)13(16)9-10-18(3)15-8-7-12-5-4-6-14(12)17-15/h7-8,11,13H,4-6,9-10,16H2,1-3H3. The van der Waals surface area contributed by atoms with Crippen LogP contribution in [0.1, 0.15) is 37.9 Å². The van der Waals surface area contributed by atoms with E-state index in [-0.39, 0.29) is 6.04 Å². The third-order valence-corrected chi connectivity index (χ3v) is 3.96. The zero-order valence-corrected chi connectivity index (χ0v) is 11.8. The van der Waals surface area contributed by atoms with Crippen LogP contribution in [0.3, 0.4) is 0 Å². The maximum atomic E-state index is 6.09. The molecule has 1 aromatic rings. The second-order valence-electron chi connectivity index (χ2n) is 5.75. The molecule has 0 spiro atoms. The summed E-state index contributed by atoms with van der Waals surface area (Å²) in [6.07, 6.45) is 4.62. The number of pyridine rings is 1. The van der Waals surface area contributed by atoms with Crippen LogP contribution in [0.4, 0.5) is 5.82 Å². The predicted molar refractivity (Wildman–Crippen MR) is 77.0 cm³/mol.